The third kappa shape index (κ3) is 1.18. The standard InChI is InChI=1S/C5H4N2O4/c6-5(8)4-3(7(9)10)1-2-11-4/h1-2H,(H2,6,8). The molecule has 1 aromatic heterocycles. The fourth-order valence-corrected chi connectivity index (χ4v) is 0.631. The van der Waals surface area contributed by atoms with Gasteiger partial charge in [0.05, 0.1) is 17.3 Å². The molecule has 2 N–H and O–H groups in total. The van der Waals surface area contributed by atoms with Crippen LogP contribution in [0.4, 0.5) is 5.69 Å². The van der Waals surface area contributed by atoms with Gasteiger partial charge < -0.3 is 10.2 Å². The average molecular weight is 156 g/mol. The molecule has 0 unspecified atom stereocenters. The van der Waals surface area contributed by atoms with Gasteiger partial charge in [-0.1, -0.05) is 0 Å². The minimum Gasteiger partial charge on any atom is -0.453 e. The molecule has 1 amide bonds. The van der Waals surface area contributed by atoms with E-state index in [1.807, 2.05) is 0 Å². The highest BCUT2D eigenvalue weighted by atomic mass is 16.6. The van der Waals surface area contributed by atoms with Crippen molar-refractivity contribution >= 4 is 11.6 Å². The second-order valence-corrected chi connectivity index (χ2v) is 1.76. The normalized spacial score (nSPS) is 9.45. The molecule has 1 aromatic rings. The molecule has 0 aromatic carbocycles. The maximum absolute atomic E-state index is 10.4. The minimum atomic E-state index is -0.943. The first-order chi connectivity index (χ1) is 5.13. The molecule has 0 aliphatic carbocycles. The van der Waals surface area contributed by atoms with Crippen LogP contribution in [0.25, 0.3) is 0 Å². The van der Waals surface area contributed by atoms with Crippen molar-refractivity contribution in [1.82, 2.24) is 0 Å². The Morgan fingerprint density at radius 3 is 2.73 bits per heavy atom. The molecule has 0 fully saturated rings. The predicted octanol–water partition coefficient (Wildman–Crippen LogP) is 0.287. The lowest BCUT2D eigenvalue weighted by atomic mass is 10.4. The van der Waals surface area contributed by atoms with E-state index in [9.17, 15) is 14.9 Å². The van der Waals surface area contributed by atoms with Crippen molar-refractivity contribution in [3.05, 3.63) is 28.2 Å². The highest BCUT2D eigenvalue weighted by Gasteiger charge is 2.21. The summed E-state index contributed by atoms with van der Waals surface area (Å²) in [6.07, 6.45) is 1.04. The van der Waals surface area contributed by atoms with E-state index in [0.29, 0.717) is 0 Å². The van der Waals surface area contributed by atoms with Crippen LogP contribution >= 0.6 is 0 Å². The van der Waals surface area contributed by atoms with Crippen LogP contribution < -0.4 is 5.73 Å². The van der Waals surface area contributed by atoms with E-state index in [2.05, 4.69) is 4.42 Å². The Labute approximate surface area is 60.7 Å². The lowest BCUT2D eigenvalue weighted by molar-refractivity contribution is -0.385. The van der Waals surface area contributed by atoms with E-state index in [4.69, 9.17) is 5.73 Å². The fourth-order valence-electron chi connectivity index (χ4n) is 0.631. The third-order valence-corrected chi connectivity index (χ3v) is 1.06. The summed E-state index contributed by atoms with van der Waals surface area (Å²) in [5, 5.41) is 10.1. The molecule has 6 heteroatoms. The van der Waals surface area contributed by atoms with Crippen molar-refractivity contribution in [2.45, 2.75) is 0 Å². The first-order valence-corrected chi connectivity index (χ1v) is 2.64. The molecular weight excluding hydrogens is 152 g/mol. The number of rotatable bonds is 2. The number of amides is 1. The molecule has 0 aliphatic rings. The summed E-state index contributed by atoms with van der Waals surface area (Å²) in [5.74, 6) is -1.36. The van der Waals surface area contributed by atoms with Crippen molar-refractivity contribution in [2.75, 3.05) is 0 Å². The number of furan rings is 1. The highest BCUT2D eigenvalue weighted by Crippen LogP contribution is 2.17. The lowest BCUT2D eigenvalue weighted by Crippen LogP contribution is -2.11. The molecule has 0 atom stereocenters. The van der Waals surface area contributed by atoms with Crippen molar-refractivity contribution in [3.8, 4) is 0 Å². The van der Waals surface area contributed by atoms with Crippen molar-refractivity contribution in [3.63, 3.8) is 0 Å². The van der Waals surface area contributed by atoms with E-state index in [1.54, 1.807) is 0 Å². The molecule has 0 aliphatic heterocycles. The van der Waals surface area contributed by atoms with Gasteiger partial charge in [0, 0.05) is 0 Å². The van der Waals surface area contributed by atoms with Crippen molar-refractivity contribution in [1.29, 1.82) is 0 Å². The minimum absolute atomic E-state index is 0.405. The molecule has 58 valence electrons. The Kier molecular flexibility index (Phi) is 1.59. The summed E-state index contributed by atoms with van der Waals surface area (Å²) < 4.78 is 4.47. The van der Waals surface area contributed by atoms with E-state index < -0.39 is 22.3 Å². The molecule has 0 bridgehead atoms. The van der Waals surface area contributed by atoms with Crippen molar-refractivity contribution in [2.24, 2.45) is 5.73 Å². The average Bonchev–Trinajstić information content (AvgIpc) is 2.32. The molecule has 0 saturated heterocycles. The van der Waals surface area contributed by atoms with Gasteiger partial charge in [-0.3, -0.25) is 14.9 Å². The zero-order valence-corrected chi connectivity index (χ0v) is 5.31. The van der Waals surface area contributed by atoms with Gasteiger partial charge in [0.2, 0.25) is 0 Å². The maximum atomic E-state index is 10.4. The van der Waals surface area contributed by atoms with E-state index >= 15 is 0 Å². The zero-order chi connectivity index (χ0) is 8.43. The van der Waals surface area contributed by atoms with Crippen LogP contribution in [0.15, 0.2) is 16.7 Å². The number of primary amides is 1. The van der Waals surface area contributed by atoms with Gasteiger partial charge in [-0.25, -0.2) is 0 Å². The Morgan fingerprint density at radius 1 is 1.73 bits per heavy atom. The predicted molar refractivity (Wildman–Crippen MR) is 33.9 cm³/mol. The Balaban J connectivity index is 3.16. The van der Waals surface area contributed by atoms with Gasteiger partial charge in [0.1, 0.15) is 0 Å². The molecule has 0 saturated carbocycles. The largest absolute Gasteiger partial charge is 0.453 e. The van der Waals surface area contributed by atoms with Crippen LogP contribution in [0, 0.1) is 10.1 Å². The Bertz CT molecular complexity index is 275. The Hall–Kier alpha value is -1.85. The fraction of sp³-hybridized carbons (Fsp3) is 0. The second kappa shape index (κ2) is 2.41. The number of nitrogens with two attached hydrogens (primary N) is 1. The van der Waals surface area contributed by atoms with Crippen molar-refractivity contribution < 1.29 is 14.1 Å². The summed E-state index contributed by atoms with van der Waals surface area (Å²) in [4.78, 5) is 19.8. The van der Waals surface area contributed by atoms with Gasteiger partial charge in [0.15, 0.2) is 0 Å². The molecule has 0 radical (unpaired) electrons. The van der Waals surface area contributed by atoms with E-state index in [-0.39, 0.29) is 0 Å². The van der Waals surface area contributed by atoms with Gasteiger partial charge >= 0.3 is 5.69 Å². The van der Waals surface area contributed by atoms with Crippen LogP contribution in [0.3, 0.4) is 0 Å². The van der Waals surface area contributed by atoms with Crippen LogP contribution in [0.1, 0.15) is 10.6 Å². The SMILES string of the molecule is NC(=O)c1occc1[N+](=O)[O-]. The lowest BCUT2D eigenvalue weighted by Gasteiger charge is -1.86. The van der Waals surface area contributed by atoms with Gasteiger partial charge in [-0.05, 0) is 0 Å². The van der Waals surface area contributed by atoms with Gasteiger partial charge in [-0.15, -0.1) is 0 Å². The smallest absolute Gasteiger partial charge is 0.320 e. The quantitative estimate of drug-likeness (QED) is 0.491. The first-order valence-electron chi connectivity index (χ1n) is 2.64. The number of nitrogens with zero attached hydrogens (tertiary/aromatic N) is 1. The zero-order valence-electron chi connectivity index (χ0n) is 5.31. The summed E-state index contributed by atoms with van der Waals surface area (Å²) in [6.45, 7) is 0. The molecule has 6 nitrogen and oxygen atoms in total. The van der Waals surface area contributed by atoms with Gasteiger partial charge in [-0.2, -0.15) is 0 Å². The number of carbonyl (C=O) groups is 1. The molecule has 1 rings (SSSR count). The molecule has 0 spiro atoms. The van der Waals surface area contributed by atoms with Crippen LogP contribution in [-0.4, -0.2) is 10.8 Å². The van der Waals surface area contributed by atoms with Crippen LogP contribution in [0.5, 0.6) is 0 Å². The summed E-state index contributed by atoms with van der Waals surface area (Å²) in [6, 6.07) is 1.07. The highest BCUT2D eigenvalue weighted by molar-refractivity contribution is 5.93. The monoisotopic (exact) mass is 156 g/mol. The number of carbonyl (C=O) groups excluding carboxylic acids is 1. The Morgan fingerprint density at radius 2 is 2.36 bits per heavy atom. The summed E-state index contributed by atoms with van der Waals surface area (Å²) >= 11 is 0. The number of hydrogen-bond acceptors (Lipinski definition) is 4. The van der Waals surface area contributed by atoms with Crippen LogP contribution in [-0.2, 0) is 0 Å². The molecule has 11 heavy (non-hydrogen) atoms. The molecular formula is C5H4N2O4. The van der Waals surface area contributed by atoms with E-state index in [1.165, 1.54) is 0 Å². The number of nitro groups is 1. The van der Waals surface area contributed by atoms with E-state index in [0.717, 1.165) is 12.3 Å². The maximum Gasteiger partial charge on any atom is 0.320 e. The van der Waals surface area contributed by atoms with Crippen LogP contribution in [0.2, 0.25) is 0 Å². The summed E-state index contributed by atoms with van der Waals surface area (Å²) in [7, 11) is 0. The molecule has 1 heterocycles. The second-order valence-electron chi connectivity index (χ2n) is 1.76. The number of hydrogen-bond donors (Lipinski definition) is 1. The first kappa shape index (κ1) is 7.26. The topological polar surface area (TPSA) is 99.4 Å². The third-order valence-electron chi connectivity index (χ3n) is 1.06. The van der Waals surface area contributed by atoms with Gasteiger partial charge in [0.25, 0.3) is 11.7 Å². The summed E-state index contributed by atoms with van der Waals surface area (Å²) in [5.41, 5.74) is 4.35.